The van der Waals surface area contributed by atoms with Gasteiger partial charge in [-0.3, -0.25) is 4.79 Å². The number of hydrogen-bond donors (Lipinski definition) is 2. The molecule has 5 heteroatoms. The summed E-state index contributed by atoms with van der Waals surface area (Å²) < 4.78 is 6.05. The van der Waals surface area contributed by atoms with E-state index in [0.717, 1.165) is 64.2 Å². The van der Waals surface area contributed by atoms with Crippen LogP contribution in [0.5, 0.6) is 0 Å². The minimum atomic E-state index is 0.241. The van der Waals surface area contributed by atoms with Crippen molar-refractivity contribution in [3.05, 3.63) is 71.2 Å². The summed E-state index contributed by atoms with van der Waals surface area (Å²) in [6, 6.07) is 8.66. The highest BCUT2D eigenvalue weighted by Gasteiger charge is 2.09. The fourth-order valence-corrected chi connectivity index (χ4v) is 3.71. The highest BCUT2D eigenvalue weighted by Crippen LogP contribution is 2.16. The van der Waals surface area contributed by atoms with Gasteiger partial charge in [0.1, 0.15) is 5.76 Å². The average Bonchev–Trinajstić information content (AvgIpc) is 3.07. The van der Waals surface area contributed by atoms with Gasteiger partial charge in [0.2, 0.25) is 6.41 Å². The van der Waals surface area contributed by atoms with Crippen molar-refractivity contribution >= 4 is 6.41 Å². The lowest BCUT2D eigenvalue weighted by Gasteiger charge is -2.21. The first-order valence-corrected chi connectivity index (χ1v) is 12.5. The molecule has 182 valence electrons. The molecule has 1 heterocycles. The van der Waals surface area contributed by atoms with E-state index in [1.807, 2.05) is 4.90 Å². The third kappa shape index (κ3) is 11.2. The maximum atomic E-state index is 10.1. The van der Waals surface area contributed by atoms with E-state index in [2.05, 4.69) is 80.0 Å². The monoisotopic (exact) mass is 453 g/mol. The Bertz CT molecular complexity index is 779. The van der Waals surface area contributed by atoms with Crippen LogP contribution in [0.1, 0.15) is 63.5 Å². The quantitative estimate of drug-likeness (QED) is 0.356. The van der Waals surface area contributed by atoms with Crippen LogP contribution in [-0.4, -0.2) is 43.6 Å². The second-order valence-electron chi connectivity index (χ2n) is 8.82. The highest BCUT2D eigenvalue weighted by atomic mass is 16.5. The number of nitrogens with zero attached hydrogens (tertiary/aromatic N) is 1. The summed E-state index contributed by atoms with van der Waals surface area (Å²) in [7, 11) is 0. The molecule has 0 radical (unpaired) electrons. The lowest BCUT2D eigenvalue weighted by molar-refractivity contribution is -0.118. The fourth-order valence-electron chi connectivity index (χ4n) is 3.71. The molecule has 1 aromatic carbocycles. The van der Waals surface area contributed by atoms with Crippen LogP contribution in [0.3, 0.4) is 0 Å². The molecule has 2 N–H and O–H groups in total. The van der Waals surface area contributed by atoms with Crippen LogP contribution in [0.15, 0.2) is 60.0 Å². The van der Waals surface area contributed by atoms with Crippen LogP contribution in [0.25, 0.3) is 0 Å². The van der Waals surface area contributed by atoms with Gasteiger partial charge in [0.15, 0.2) is 0 Å². The van der Waals surface area contributed by atoms with Gasteiger partial charge in [0, 0.05) is 32.6 Å². The molecule has 0 aromatic heterocycles. The van der Waals surface area contributed by atoms with Crippen molar-refractivity contribution in [2.75, 3.05) is 26.2 Å². The van der Waals surface area contributed by atoms with Gasteiger partial charge >= 0.3 is 0 Å². The Hall–Kier alpha value is -2.53. The Kier molecular flexibility index (Phi) is 13.1. The van der Waals surface area contributed by atoms with E-state index in [1.54, 1.807) is 0 Å². The average molecular weight is 454 g/mol. The largest absolute Gasteiger partial charge is 0.489 e. The zero-order chi connectivity index (χ0) is 23.7. The molecule has 0 saturated carbocycles. The maximum Gasteiger partial charge on any atom is 0.209 e. The number of allylic oxidation sites excluding steroid dienone is 4. The molecular formula is C28H43N3O2. The van der Waals surface area contributed by atoms with E-state index in [9.17, 15) is 4.79 Å². The third-order valence-electron chi connectivity index (χ3n) is 5.84. The standard InChI is InChI=1S/C22H32N2O.C6H11NO/c1-4-19(3)25-22-13-7-5-6-12-21(22)24-15-9-14-23-17-20-11-8-10-18(2)16-20;8-6-7-4-2-1-3-5-7/h5-8,10-11,13,16,19,23-24H,4,9,12,14-15,17H2,1-3H3;6H,1-5H2. The van der Waals surface area contributed by atoms with Gasteiger partial charge in [-0.1, -0.05) is 55.0 Å². The molecule has 1 fully saturated rings. The van der Waals surface area contributed by atoms with Crippen LogP contribution < -0.4 is 10.6 Å². The van der Waals surface area contributed by atoms with E-state index in [0.29, 0.717) is 0 Å². The second-order valence-corrected chi connectivity index (χ2v) is 8.82. The van der Waals surface area contributed by atoms with Crippen LogP contribution in [0, 0.1) is 6.92 Å². The van der Waals surface area contributed by atoms with Crippen LogP contribution in [0.4, 0.5) is 0 Å². The Morgan fingerprint density at radius 2 is 1.97 bits per heavy atom. The summed E-state index contributed by atoms with van der Waals surface area (Å²) in [6.45, 7) is 11.2. The molecule has 3 rings (SSSR count). The number of hydrogen-bond acceptors (Lipinski definition) is 4. The number of nitrogens with one attached hydrogen (secondary N) is 2. The molecule has 0 bridgehead atoms. The number of aryl methyl sites for hydroxylation is 1. The molecule has 1 aliphatic carbocycles. The van der Waals surface area contributed by atoms with Crippen LogP contribution in [0.2, 0.25) is 0 Å². The van der Waals surface area contributed by atoms with E-state index >= 15 is 0 Å². The maximum absolute atomic E-state index is 10.1. The van der Waals surface area contributed by atoms with Gasteiger partial charge in [0.05, 0.1) is 11.8 Å². The molecule has 1 aliphatic heterocycles. The lowest BCUT2D eigenvalue weighted by atomic mass is 10.1. The van der Waals surface area contributed by atoms with Gasteiger partial charge in [0.25, 0.3) is 0 Å². The minimum Gasteiger partial charge on any atom is -0.489 e. The van der Waals surface area contributed by atoms with Crippen molar-refractivity contribution in [2.45, 2.75) is 71.9 Å². The third-order valence-corrected chi connectivity index (χ3v) is 5.84. The lowest BCUT2D eigenvalue weighted by Crippen LogP contribution is -2.27. The minimum absolute atomic E-state index is 0.241. The van der Waals surface area contributed by atoms with Crippen LogP contribution in [-0.2, 0) is 16.1 Å². The number of ether oxygens (including phenoxy) is 1. The van der Waals surface area contributed by atoms with Crippen molar-refractivity contribution in [3.63, 3.8) is 0 Å². The van der Waals surface area contributed by atoms with Gasteiger partial charge in [-0.25, -0.2) is 0 Å². The SMILES string of the molecule is CCC(C)OC1=C(NCCCNCc2cccc(C)c2)CC=CC=C1.O=CN1CCCCC1. The first kappa shape index (κ1) is 26.7. The first-order chi connectivity index (χ1) is 16.1. The Morgan fingerprint density at radius 1 is 1.15 bits per heavy atom. The Morgan fingerprint density at radius 3 is 2.67 bits per heavy atom. The van der Waals surface area contributed by atoms with Gasteiger partial charge < -0.3 is 20.3 Å². The zero-order valence-electron chi connectivity index (χ0n) is 20.8. The number of rotatable bonds is 11. The van der Waals surface area contributed by atoms with Crippen LogP contribution >= 0.6 is 0 Å². The van der Waals surface area contributed by atoms with Crippen molar-refractivity contribution in [1.82, 2.24) is 15.5 Å². The summed E-state index contributed by atoms with van der Waals surface area (Å²) in [5.41, 5.74) is 3.85. The van der Waals surface area contributed by atoms with Crippen molar-refractivity contribution < 1.29 is 9.53 Å². The molecule has 1 aromatic rings. The topological polar surface area (TPSA) is 53.6 Å². The van der Waals surface area contributed by atoms with E-state index in [1.165, 1.54) is 36.1 Å². The first-order valence-electron chi connectivity index (χ1n) is 12.5. The smallest absolute Gasteiger partial charge is 0.209 e. The van der Waals surface area contributed by atoms with Crippen molar-refractivity contribution in [1.29, 1.82) is 0 Å². The number of amides is 1. The second kappa shape index (κ2) is 16.1. The normalized spacial score (nSPS) is 16.5. The predicted octanol–water partition coefficient (Wildman–Crippen LogP) is 5.24. The van der Waals surface area contributed by atoms with Crippen molar-refractivity contribution in [3.8, 4) is 0 Å². The fraction of sp³-hybridized carbons (Fsp3) is 0.536. The number of benzene rings is 1. The summed E-state index contributed by atoms with van der Waals surface area (Å²) in [5.74, 6) is 0.979. The molecule has 1 amide bonds. The molecular weight excluding hydrogens is 410 g/mol. The summed E-state index contributed by atoms with van der Waals surface area (Å²) in [4.78, 5) is 11.9. The zero-order valence-corrected chi connectivity index (χ0v) is 20.8. The Balaban J connectivity index is 0.000000405. The molecule has 33 heavy (non-hydrogen) atoms. The molecule has 1 unspecified atom stereocenters. The van der Waals surface area contributed by atoms with Crippen molar-refractivity contribution in [2.24, 2.45) is 0 Å². The number of piperidine rings is 1. The van der Waals surface area contributed by atoms with Gasteiger partial charge in [-0.05, 0) is 64.1 Å². The molecule has 1 atom stereocenters. The number of carbonyl (C=O) groups excluding carboxylic acids is 1. The van der Waals surface area contributed by atoms with Gasteiger partial charge in [-0.2, -0.15) is 0 Å². The Labute approximate surface area is 201 Å². The molecule has 5 nitrogen and oxygen atoms in total. The number of carbonyl (C=O) groups is 1. The van der Waals surface area contributed by atoms with E-state index in [4.69, 9.17) is 4.74 Å². The van der Waals surface area contributed by atoms with Gasteiger partial charge in [-0.15, -0.1) is 0 Å². The number of likely N-dealkylation sites (tertiary alicyclic amines) is 1. The predicted molar refractivity (Wildman–Crippen MR) is 138 cm³/mol. The molecule has 2 aliphatic rings. The highest BCUT2D eigenvalue weighted by molar-refractivity contribution is 5.46. The summed E-state index contributed by atoms with van der Waals surface area (Å²) in [6.07, 6.45) is 16.2. The summed E-state index contributed by atoms with van der Waals surface area (Å²) >= 11 is 0. The summed E-state index contributed by atoms with van der Waals surface area (Å²) in [5, 5.41) is 7.08. The molecule has 1 saturated heterocycles. The van der Waals surface area contributed by atoms with E-state index < -0.39 is 0 Å². The molecule has 0 spiro atoms. The van der Waals surface area contributed by atoms with E-state index in [-0.39, 0.29) is 6.10 Å².